The number of fused-ring (bicyclic) bond motifs is 1. The number of methoxy groups -OCH3 is 1. The monoisotopic (exact) mass is 572 g/mol. The first-order valence-corrected chi connectivity index (χ1v) is 15.1. The van der Waals surface area contributed by atoms with Gasteiger partial charge < -0.3 is 25.2 Å². The summed E-state index contributed by atoms with van der Waals surface area (Å²) in [6.45, 7) is 4.71. The van der Waals surface area contributed by atoms with E-state index in [1.165, 1.54) is 12.0 Å². The standard InChI is InChI=1S/C28H40N6O5S/c1-19-8-14-34(25(15-19)27(36)39-3)26(35)24(16-20-5-4-11-33(18-20)28(29)30)31-40(37,38)23-7-6-21-9-12-32(2)13-10-22(21)17-23/h5-8,17,24-25,31H,4,9-16,18H2,1-3H3,(H3,29,30)/t24-,25+/m0/s1. The number of hydrogen-bond donors (Lipinski definition) is 3. The second-order valence-electron chi connectivity index (χ2n) is 10.9. The number of amides is 1. The number of ether oxygens (including phenoxy) is 1. The Morgan fingerprint density at radius 2 is 1.90 bits per heavy atom. The Morgan fingerprint density at radius 1 is 1.18 bits per heavy atom. The summed E-state index contributed by atoms with van der Waals surface area (Å²) in [7, 11) is -0.762. The summed E-state index contributed by atoms with van der Waals surface area (Å²) in [5.74, 6) is -1.12. The van der Waals surface area contributed by atoms with Gasteiger partial charge in [0.2, 0.25) is 15.9 Å². The fourth-order valence-electron chi connectivity index (χ4n) is 5.51. The Labute approximate surface area is 236 Å². The summed E-state index contributed by atoms with van der Waals surface area (Å²) in [6.07, 6.45) is 6.44. The van der Waals surface area contributed by atoms with Gasteiger partial charge in [-0.05, 0) is 69.3 Å². The van der Waals surface area contributed by atoms with E-state index in [1.807, 2.05) is 32.2 Å². The molecule has 0 spiro atoms. The van der Waals surface area contributed by atoms with Gasteiger partial charge in [-0.1, -0.05) is 29.4 Å². The van der Waals surface area contributed by atoms with Crippen LogP contribution < -0.4 is 10.5 Å². The van der Waals surface area contributed by atoms with Crippen LogP contribution in [0, 0.1) is 5.41 Å². The summed E-state index contributed by atoms with van der Waals surface area (Å²) >= 11 is 0. The number of likely N-dealkylation sites (N-methyl/N-ethyl adjacent to an activating group) is 1. The minimum atomic E-state index is -4.09. The number of carbonyl (C=O) groups is 2. The highest BCUT2D eigenvalue weighted by Crippen LogP contribution is 2.25. The maximum atomic E-state index is 14.0. The molecule has 0 saturated carbocycles. The Morgan fingerprint density at radius 3 is 2.60 bits per heavy atom. The number of hydrogen-bond acceptors (Lipinski definition) is 7. The molecule has 4 N–H and O–H groups in total. The second-order valence-corrected chi connectivity index (χ2v) is 12.6. The predicted molar refractivity (Wildman–Crippen MR) is 152 cm³/mol. The van der Waals surface area contributed by atoms with E-state index in [0.717, 1.165) is 48.2 Å². The number of nitrogens with zero attached hydrogens (tertiary/aromatic N) is 3. The number of carbonyl (C=O) groups excluding carboxylic acids is 2. The van der Waals surface area contributed by atoms with Crippen molar-refractivity contribution in [1.29, 1.82) is 5.41 Å². The van der Waals surface area contributed by atoms with E-state index in [9.17, 15) is 18.0 Å². The van der Waals surface area contributed by atoms with Gasteiger partial charge in [0.15, 0.2) is 5.96 Å². The molecular formula is C28H40N6O5S. The Bertz CT molecular complexity index is 1320. The Balaban J connectivity index is 1.64. The van der Waals surface area contributed by atoms with Crippen LogP contribution in [0.5, 0.6) is 0 Å². The van der Waals surface area contributed by atoms with Gasteiger partial charge in [0.05, 0.1) is 12.0 Å². The highest BCUT2D eigenvalue weighted by Gasteiger charge is 2.38. The molecule has 40 heavy (non-hydrogen) atoms. The number of rotatable bonds is 7. The van der Waals surface area contributed by atoms with Crippen molar-refractivity contribution in [2.24, 2.45) is 5.73 Å². The summed E-state index contributed by atoms with van der Waals surface area (Å²) < 4.78 is 35.1. The third kappa shape index (κ3) is 6.91. The van der Waals surface area contributed by atoms with Crippen molar-refractivity contribution in [2.75, 3.05) is 46.9 Å². The predicted octanol–water partition coefficient (Wildman–Crippen LogP) is 1.000. The molecule has 1 aromatic carbocycles. The van der Waals surface area contributed by atoms with Crippen LogP contribution in [0.25, 0.3) is 0 Å². The molecule has 0 fully saturated rings. The Hall–Kier alpha value is -3.22. The van der Waals surface area contributed by atoms with Gasteiger partial charge in [-0.25, -0.2) is 13.2 Å². The molecule has 1 aromatic rings. The summed E-state index contributed by atoms with van der Waals surface area (Å²) in [6, 6.07) is 3.16. The fraction of sp³-hybridized carbons (Fsp3) is 0.536. The van der Waals surface area contributed by atoms with Crippen LogP contribution in [-0.2, 0) is 37.2 Å². The van der Waals surface area contributed by atoms with Crippen LogP contribution in [0.3, 0.4) is 0 Å². The molecule has 11 nitrogen and oxygen atoms in total. The third-order valence-corrected chi connectivity index (χ3v) is 9.40. The number of benzene rings is 1. The highest BCUT2D eigenvalue weighted by molar-refractivity contribution is 7.89. The van der Waals surface area contributed by atoms with Crippen molar-refractivity contribution in [1.82, 2.24) is 19.4 Å². The average Bonchev–Trinajstić information content (AvgIpc) is 3.12. The van der Waals surface area contributed by atoms with Crippen LogP contribution in [0.2, 0.25) is 0 Å². The van der Waals surface area contributed by atoms with Crippen molar-refractivity contribution in [3.63, 3.8) is 0 Å². The maximum absolute atomic E-state index is 14.0. The lowest BCUT2D eigenvalue weighted by atomic mass is 9.97. The first-order chi connectivity index (χ1) is 19.0. The molecule has 3 aliphatic heterocycles. The number of nitrogens with one attached hydrogen (secondary N) is 2. The Kier molecular flexibility index (Phi) is 9.32. The van der Waals surface area contributed by atoms with Gasteiger partial charge in [-0.2, -0.15) is 4.72 Å². The van der Waals surface area contributed by atoms with E-state index in [-0.39, 0.29) is 23.8 Å². The van der Waals surface area contributed by atoms with E-state index in [0.29, 0.717) is 25.9 Å². The number of esters is 1. The average molecular weight is 573 g/mol. The van der Waals surface area contributed by atoms with E-state index in [2.05, 4.69) is 9.62 Å². The largest absolute Gasteiger partial charge is 0.467 e. The lowest BCUT2D eigenvalue weighted by Gasteiger charge is -2.36. The minimum absolute atomic E-state index is 0.0768. The third-order valence-electron chi connectivity index (χ3n) is 7.93. The molecule has 3 aliphatic rings. The summed E-state index contributed by atoms with van der Waals surface area (Å²) in [4.78, 5) is 32.0. The van der Waals surface area contributed by atoms with Crippen molar-refractivity contribution in [2.45, 2.75) is 56.0 Å². The van der Waals surface area contributed by atoms with E-state index in [1.54, 1.807) is 17.0 Å². The molecule has 3 heterocycles. The quantitative estimate of drug-likeness (QED) is 0.190. The van der Waals surface area contributed by atoms with Gasteiger partial charge in [-0.3, -0.25) is 10.2 Å². The van der Waals surface area contributed by atoms with Gasteiger partial charge in [0, 0.05) is 32.7 Å². The van der Waals surface area contributed by atoms with Crippen LogP contribution >= 0.6 is 0 Å². The van der Waals surface area contributed by atoms with Gasteiger partial charge in [0.1, 0.15) is 12.1 Å². The van der Waals surface area contributed by atoms with Crippen LogP contribution in [-0.4, -0.2) is 99.9 Å². The molecule has 218 valence electrons. The summed E-state index contributed by atoms with van der Waals surface area (Å²) in [5.41, 5.74) is 9.58. The molecule has 12 heteroatoms. The first kappa shape index (κ1) is 29.8. The molecule has 0 aliphatic carbocycles. The van der Waals surface area contributed by atoms with E-state index in [4.69, 9.17) is 15.9 Å². The van der Waals surface area contributed by atoms with Crippen LogP contribution in [0.15, 0.2) is 46.4 Å². The van der Waals surface area contributed by atoms with Crippen molar-refractivity contribution < 1.29 is 22.7 Å². The van der Waals surface area contributed by atoms with Crippen molar-refractivity contribution in [3.8, 4) is 0 Å². The lowest BCUT2D eigenvalue weighted by molar-refractivity contribution is -0.153. The molecule has 0 saturated heterocycles. The first-order valence-electron chi connectivity index (χ1n) is 13.6. The zero-order valence-corrected chi connectivity index (χ0v) is 24.3. The van der Waals surface area contributed by atoms with Crippen molar-refractivity contribution >= 4 is 27.9 Å². The van der Waals surface area contributed by atoms with Gasteiger partial charge in [0.25, 0.3) is 0 Å². The number of guanidine groups is 1. The molecule has 0 bridgehead atoms. The molecule has 0 aromatic heterocycles. The highest BCUT2D eigenvalue weighted by atomic mass is 32.2. The summed E-state index contributed by atoms with van der Waals surface area (Å²) in [5, 5.41) is 7.81. The number of sulfonamides is 1. The van der Waals surface area contributed by atoms with Crippen molar-refractivity contribution in [3.05, 3.63) is 52.6 Å². The maximum Gasteiger partial charge on any atom is 0.328 e. The molecule has 0 radical (unpaired) electrons. The normalized spacial score (nSPS) is 21.0. The molecule has 1 amide bonds. The van der Waals surface area contributed by atoms with Gasteiger partial charge in [-0.15, -0.1) is 0 Å². The topological polar surface area (TPSA) is 149 Å². The molecule has 4 rings (SSSR count). The minimum Gasteiger partial charge on any atom is -0.467 e. The smallest absolute Gasteiger partial charge is 0.328 e. The van der Waals surface area contributed by atoms with Gasteiger partial charge >= 0.3 is 5.97 Å². The zero-order chi connectivity index (χ0) is 29.0. The van der Waals surface area contributed by atoms with E-state index >= 15 is 0 Å². The number of nitrogens with two attached hydrogens (primary N) is 1. The molecular weight excluding hydrogens is 532 g/mol. The second kappa shape index (κ2) is 12.5. The van der Waals surface area contributed by atoms with Crippen LogP contribution in [0.4, 0.5) is 0 Å². The van der Waals surface area contributed by atoms with E-state index < -0.39 is 34.0 Å². The molecule has 2 atom stereocenters. The molecule has 0 unspecified atom stereocenters. The lowest BCUT2D eigenvalue weighted by Crippen LogP contribution is -2.55. The fourth-order valence-corrected chi connectivity index (χ4v) is 6.75. The SMILES string of the molecule is COC(=O)[C@H]1CC(C)=CCN1C(=O)[C@H](CC1=CCCN(C(=N)N)C1)NS(=O)(=O)c1ccc2c(c1)CCN(C)CC2. The zero-order valence-electron chi connectivity index (χ0n) is 23.5. The van der Waals surface area contributed by atoms with Crippen LogP contribution in [0.1, 0.15) is 37.3 Å².